The largest absolute Gasteiger partial charge is 0.454 e. The highest BCUT2D eigenvalue weighted by atomic mass is 32.1. The van der Waals surface area contributed by atoms with Crippen LogP contribution in [-0.2, 0) is 4.74 Å². The van der Waals surface area contributed by atoms with Gasteiger partial charge in [0.25, 0.3) is 0 Å². The zero-order valence-corrected chi connectivity index (χ0v) is 17.5. The van der Waals surface area contributed by atoms with Crippen LogP contribution in [0.25, 0.3) is 16.9 Å². The maximum Gasteiger partial charge on any atom is 0.342 e. The number of hydrogen-bond acceptors (Lipinski definition) is 5. The third-order valence-electron chi connectivity index (χ3n) is 4.68. The lowest BCUT2D eigenvalue weighted by molar-refractivity contribution is 0.0475. The highest BCUT2D eigenvalue weighted by molar-refractivity contribution is 7.12. The molecule has 2 aromatic heterocycles. The van der Waals surface area contributed by atoms with Crippen LogP contribution in [0.1, 0.15) is 30.5 Å². The van der Waals surface area contributed by atoms with Gasteiger partial charge in [0, 0.05) is 27.1 Å². The molecule has 0 amide bonds. The van der Waals surface area contributed by atoms with Gasteiger partial charge in [-0.15, -0.1) is 11.3 Å². The van der Waals surface area contributed by atoms with Crippen molar-refractivity contribution in [2.75, 3.05) is 6.61 Å². The lowest BCUT2D eigenvalue weighted by atomic mass is 10.1. The number of Topliss-reactive ketones (excluding diaryl/α,β-unsaturated/α-hetero) is 1. The van der Waals surface area contributed by atoms with Crippen LogP contribution in [0.2, 0.25) is 0 Å². The first-order valence-electron chi connectivity index (χ1n) is 9.51. The average Bonchev–Trinajstić information content (AvgIpc) is 3.36. The Morgan fingerprint density at radius 3 is 2.27 bits per heavy atom. The topological polar surface area (TPSA) is 61.2 Å². The molecule has 0 saturated carbocycles. The van der Waals surface area contributed by atoms with Crippen molar-refractivity contribution < 1.29 is 14.3 Å². The van der Waals surface area contributed by atoms with E-state index < -0.39 is 5.97 Å². The van der Waals surface area contributed by atoms with Crippen molar-refractivity contribution in [2.45, 2.75) is 13.8 Å². The predicted octanol–water partition coefficient (Wildman–Crippen LogP) is 5.26. The summed E-state index contributed by atoms with van der Waals surface area (Å²) in [6.07, 6.45) is 1.64. The van der Waals surface area contributed by atoms with Crippen LogP contribution in [0.15, 0.2) is 72.9 Å². The van der Waals surface area contributed by atoms with Crippen LogP contribution in [0.4, 0.5) is 0 Å². The number of esters is 1. The maximum absolute atomic E-state index is 12.9. The quantitative estimate of drug-likeness (QED) is 0.318. The van der Waals surface area contributed by atoms with Gasteiger partial charge in [0.1, 0.15) is 11.3 Å². The number of hydrogen-bond donors (Lipinski definition) is 0. The predicted molar refractivity (Wildman–Crippen MR) is 117 cm³/mol. The van der Waals surface area contributed by atoms with Crippen molar-refractivity contribution >= 4 is 23.1 Å². The Morgan fingerprint density at radius 2 is 1.63 bits per heavy atom. The summed E-state index contributed by atoms with van der Waals surface area (Å²) in [5.41, 5.74) is 3.06. The third-order valence-corrected chi connectivity index (χ3v) is 5.64. The number of benzene rings is 2. The van der Waals surface area contributed by atoms with Gasteiger partial charge in [-0.3, -0.25) is 4.79 Å². The summed E-state index contributed by atoms with van der Waals surface area (Å²) in [5.74, 6) is -0.782. The Kier molecular flexibility index (Phi) is 5.59. The average molecular weight is 417 g/mol. The zero-order valence-electron chi connectivity index (χ0n) is 16.7. The first-order valence-corrected chi connectivity index (χ1v) is 10.3. The van der Waals surface area contributed by atoms with Gasteiger partial charge < -0.3 is 4.74 Å². The summed E-state index contributed by atoms with van der Waals surface area (Å²) < 4.78 is 7.03. The van der Waals surface area contributed by atoms with Gasteiger partial charge in [-0.25, -0.2) is 9.48 Å². The molecule has 30 heavy (non-hydrogen) atoms. The van der Waals surface area contributed by atoms with Crippen molar-refractivity contribution in [1.82, 2.24) is 9.78 Å². The number of carbonyl (C=O) groups is 2. The molecule has 0 atom stereocenters. The number of ether oxygens (including phenoxy) is 1. The lowest BCUT2D eigenvalue weighted by Gasteiger charge is -2.04. The van der Waals surface area contributed by atoms with Crippen molar-refractivity contribution in [1.29, 1.82) is 0 Å². The Bertz CT molecular complexity index is 1190. The molecule has 2 aromatic carbocycles. The van der Waals surface area contributed by atoms with Gasteiger partial charge in [-0.2, -0.15) is 5.10 Å². The summed E-state index contributed by atoms with van der Waals surface area (Å²) in [6.45, 7) is 3.54. The van der Waals surface area contributed by atoms with Crippen LogP contribution in [0, 0.1) is 13.8 Å². The number of ketones is 1. The fourth-order valence-electron chi connectivity index (χ4n) is 3.24. The first-order chi connectivity index (χ1) is 14.5. The number of thiophene rings is 1. The molecule has 5 nitrogen and oxygen atoms in total. The van der Waals surface area contributed by atoms with Crippen LogP contribution >= 0.6 is 11.3 Å². The molecule has 0 aliphatic heterocycles. The second-order valence-electron chi connectivity index (χ2n) is 6.86. The molecular weight excluding hydrogens is 396 g/mol. The van der Waals surface area contributed by atoms with Crippen LogP contribution < -0.4 is 0 Å². The molecule has 0 saturated heterocycles. The fourth-order valence-corrected chi connectivity index (χ4v) is 4.18. The molecule has 4 rings (SSSR count). The highest BCUT2D eigenvalue weighted by Gasteiger charge is 2.22. The molecule has 6 heteroatoms. The SMILES string of the molecule is Cc1cc(C(=O)COC(=O)c2cn(-c3ccccc3)nc2-c2ccccc2)c(C)s1. The van der Waals surface area contributed by atoms with Gasteiger partial charge in [0.2, 0.25) is 5.78 Å². The van der Waals surface area contributed by atoms with E-state index in [9.17, 15) is 9.59 Å². The third kappa shape index (κ3) is 4.09. The lowest BCUT2D eigenvalue weighted by Crippen LogP contribution is -2.14. The van der Waals surface area contributed by atoms with E-state index in [1.807, 2.05) is 80.6 Å². The molecular formula is C24H20N2O3S. The van der Waals surface area contributed by atoms with E-state index >= 15 is 0 Å². The van der Waals surface area contributed by atoms with E-state index in [1.54, 1.807) is 22.2 Å². The molecule has 0 N–H and O–H groups in total. The highest BCUT2D eigenvalue weighted by Crippen LogP contribution is 2.25. The van der Waals surface area contributed by atoms with Gasteiger partial charge in [0.15, 0.2) is 6.61 Å². The summed E-state index contributed by atoms with van der Waals surface area (Å²) in [6, 6.07) is 20.8. The number of carbonyl (C=O) groups excluding carboxylic acids is 2. The Labute approximate surface area is 178 Å². The minimum Gasteiger partial charge on any atom is -0.454 e. The summed E-state index contributed by atoms with van der Waals surface area (Å²) in [7, 11) is 0. The van der Waals surface area contributed by atoms with E-state index in [-0.39, 0.29) is 12.4 Å². The van der Waals surface area contributed by atoms with Crippen LogP contribution in [-0.4, -0.2) is 28.1 Å². The molecule has 0 aliphatic rings. The molecule has 4 aromatic rings. The number of nitrogens with zero attached hydrogens (tertiary/aromatic N) is 2. The van der Waals surface area contributed by atoms with E-state index in [0.717, 1.165) is 21.0 Å². The van der Waals surface area contributed by atoms with E-state index in [2.05, 4.69) is 5.10 Å². The van der Waals surface area contributed by atoms with Crippen molar-refractivity contribution in [3.8, 4) is 16.9 Å². The zero-order chi connectivity index (χ0) is 21.1. The molecule has 0 spiro atoms. The van der Waals surface area contributed by atoms with E-state index in [1.165, 1.54) is 0 Å². The monoisotopic (exact) mass is 416 g/mol. The molecule has 0 aliphatic carbocycles. The minimum absolute atomic E-state index is 0.207. The normalized spacial score (nSPS) is 10.7. The molecule has 0 unspecified atom stereocenters. The minimum atomic E-state index is -0.575. The van der Waals surface area contributed by atoms with Gasteiger partial charge in [-0.05, 0) is 32.0 Å². The number of rotatable bonds is 6. The van der Waals surface area contributed by atoms with Crippen molar-refractivity contribution in [3.05, 3.63) is 93.8 Å². The fraction of sp³-hybridized carbons (Fsp3) is 0.125. The van der Waals surface area contributed by atoms with Gasteiger partial charge in [0.05, 0.1) is 5.69 Å². The summed E-state index contributed by atoms with van der Waals surface area (Å²) in [5, 5.41) is 4.61. The van der Waals surface area contributed by atoms with E-state index in [0.29, 0.717) is 16.8 Å². The van der Waals surface area contributed by atoms with Crippen molar-refractivity contribution in [3.63, 3.8) is 0 Å². The van der Waals surface area contributed by atoms with Gasteiger partial charge in [-0.1, -0.05) is 48.5 Å². The number of aryl methyl sites for hydroxylation is 2. The van der Waals surface area contributed by atoms with Crippen molar-refractivity contribution in [2.24, 2.45) is 0 Å². The Balaban J connectivity index is 1.62. The number of para-hydroxylation sites is 1. The number of aromatic nitrogens is 2. The summed E-state index contributed by atoms with van der Waals surface area (Å²) >= 11 is 1.55. The Morgan fingerprint density at radius 1 is 0.967 bits per heavy atom. The second kappa shape index (κ2) is 8.47. The molecule has 2 heterocycles. The molecule has 0 radical (unpaired) electrons. The second-order valence-corrected chi connectivity index (χ2v) is 8.32. The smallest absolute Gasteiger partial charge is 0.342 e. The Hall–Kier alpha value is -3.51. The van der Waals surface area contributed by atoms with Crippen LogP contribution in [0.3, 0.4) is 0 Å². The van der Waals surface area contributed by atoms with E-state index in [4.69, 9.17) is 4.74 Å². The standard InChI is InChI=1S/C24H20N2O3S/c1-16-13-20(17(2)30-16)22(27)15-29-24(28)21-14-26(19-11-7-4-8-12-19)25-23(21)18-9-5-3-6-10-18/h3-14H,15H2,1-2H3. The molecule has 0 fully saturated rings. The summed E-state index contributed by atoms with van der Waals surface area (Å²) in [4.78, 5) is 27.4. The first kappa shape index (κ1) is 19.8. The van der Waals surface area contributed by atoms with Crippen LogP contribution in [0.5, 0.6) is 0 Å². The van der Waals surface area contributed by atoms with Gasteiger partial charge >= 0.3 is 5.97 Å². The molecule has 0 bridgehead atoms. The molecule has 150 valence electrons. The maximum atomic E-state index is 12.9.